The molecule has 152 valence electrons. The third kappa shape index (κ3) is 4.64. The second kappa shape index (κ2) is 9.17. The molecule has 0 atom stereocenters. The molecule has 0 bridgehead atoms. The van der Waals surface area contributed by atoms with Crippen LogP contribution in [0.1, 0.15) is 17.3 Å². The molecule has 2 aromatic carbocycles. The molecule has 3 aromatic rings. The van der Waals surface area contributed by atoms with Crippen LogP contribution in [0.4, 0.5) is 5.69 Å². The number of halogens is 1. The van der Waals surface area contributed by atoms with Gasteiger partial charge in [-0.25, -0.2) is 0 Å². The molecule has 1 amide bonds. The van der Waals surface area contributed by atoms with E-state index in [-0.39, 0.29) is 16.3 Å². The highest BCUT2D eigenvalue weighted by molar-refractivity contribution is 7.16. The number of carbonyl (C=O) groups is 1. The number of ether oxygens (including phenoxy) is 2. The van der Waals surface area contributed by atoms with Crippen LogP contribution in [0.2, 0.25) is 5.02 Å². The summed E-state index contributed by atoms with van der Waals surface area (Å²) in [4.78, 5) is 28.0. The number of fused-ring (bicyclic) bond motifs is 1. The summed E-state index contributed by atoms with van der Waals surface area (Å²) in [5.74, 6) is -0.0227. The largest absolute Gasteiger partial charge is 0.494 e. The van der Waals surface area contributed by atoms with E-state index in [9.17, 15) is 14.9 Å². The number of methoxy groups -OCH3 is 1. The average molecular weight is 436 g/mol. The minimum atomic E-state index is -0.734. The quantitative estimate of drug-likeness (QED) is 0.412. The number of carbonyl (C=O) groups excluding carboxylic acids is 1. The van der Waals surface area contributed by atoms with E-state index in [0.717, 1.165) is 10.2 Å². The first-order valence-corrected chi connectivity index (χ1v) is 9.92. The number of rotatable bonds is 7. The summed E-state index contributed by atoms with van der Waals surface area (Å²) in [7, 11) is 1.58. The van der Waals surface area contributed by atoms with Gasteiger partial charge in [-0.15, -0.1) is 0 Å². The van der Waals surface area contributed by atoms with Crippen LogP contribution in [0.3, 0.4) is 0 Å². The Morgan fingerprint density at radius 3 is 2.79 bits per heavy atom. The summed E-state index contributed by atoms with van der Waals surface area (Å²) >= 11 is 7.22. The lowest BCUT2D eigenvalue weighted by Gasteiger charge is -2.06. The predicted octanol–water partition coefficient (Wildman–Crippen LogP) is 4.05. The molecule has 0 saturated heterocycles. The minimum Gasteiger partial charge on any atom is -0.494 e. The van der Waals surface area contributed by atoms with Crippen molar-refractivity contribution < 1.29 is 19.2 Å². The van der Waals surface area contributed by atoms with E-state index in [0.29, 0.717) is 30.3 Å². The first kappa shape index (κ1) is 21.0. The lowest BCUT2D eigenvalue weighted by Crippen LogP contribution is -2.19. The maximum absolute atomic E-state index is 12.8. The van der Waals surface area contributed by atoms with Crippen molar-refractivity contribution in [3.63, 3.8) is 0 Å². The van der Waals surface area contributed by atoms with E-state index in [2.05, 4.69) is 4.99 Å². The molecule has 0 N–H and O–H groups in total. The molecule has 3 rings (SSSR count). The first-order valence-electron chi connectivity index (χ1n) is 8.72. The average Bonchev–Trinajstić information content (AvgIpc) is 3.02. The van der Waals surface area contributed by atoms with E-state index < -0.39 is 10.8 Å². The smallest absolute Gasteiger partial charge is 0.286 e. The predicted molar refractivity (Wildman–Crippen MR) is 111 cm³/mol. The van der Waals surface area contributed by atoms with E-state index in [1.54, 1.807) is 7.11 Å². The molecule has 0 radical (unpaired) electrons. The van der Waals surface area contributed by atoms with Crippen molar-refractivity contribution >= 4 is 44.7 Å². The summed E-state index contributed by atoms with van der Waals surface area (Å²) in [5.41, 5.74) is 0.363. The Hall–Kier alpha value is -2.75. The SMILES string of the molecule is CCOc1ccc2c(c1)sc(=NC(=O)c1cc(Cl)ccc1[N+](=O)[O-])n2CCOC. The van der Waals surface area contributed by atoms with Gasteiger partial charge in [0.25, 0.3) is 11.6 Å². The van der Waals surface area contributed by atoms with E-state index in [1.165, 1.54) is 29.5 Å². The molecule has 0 fully saturated rings. The topological polar surface area (TPSA) is 96.0 Å². The molecule has 29 heavy (non-hydrogen) atoms. The molecule has 0 unspecified atom stereocenters. The summed E-state index contributed by atoms with van der Waals surface area (Å²) in [6.45, 7) is 3.31. The maximum Gasteiger partial charge on any atom is 0.286 e. The Morgan fingerprint density at radius 1 is 1.31 bits per heavy atom. The number of benzene rings is 2. The zero-order chi connectivity index (χ0) is 21.0. The Labute approximate surface area is 175 Å². The number of thiazole rings is 1. The minimum absolute atomic E-state index is 0.159. The van der Waals surface area contributed by atoms with Crippen LogP contribution >= 0.6 is 22.9 Å². The molecule has 0 aliphatic carbocycles. The molecular weight excluding hydrogens is 418 g/mol. The van der Waals surface area contributed by atoms with Crippen LogP contribution in [0.15, 0.2) is 41.4 Å². The molecule has 0 saturated carbocycles. The fourth-order valence-electron chi connectivity index (χ4n) is 2.78. The number of nitro groups is 1. The van der Waals surface area contributed by atoms with E-state index >= 15 is 0 Å². The Kier molecular flexibility index (Phi) is 6.63. The van der Waals surface area contributed by atoms with Crippen LogP contribution in [0.25, 0.3) is 10.2 Å². The van der Waals surface area contributed by atoms with Gasteiger partial charge in [-0.2, -0.15) is 4.99 Å². The normalized spacial score (nSPS) is 11.8. The van der Waals surface area contributed by atoms with Crippen molar-refractivity contribution in [3.05, 3.63) is 61.9 Å². The lowest BCUT2D eigenvalue weighted by atomic mass is 10.2. The van der Waals surface area contributed by atoms with Crippen molar-refractivity contribution in [2.75, 3.05) is 20.3 Å². The highest BCUT2D eigenvalue weighted by Crippen LogP contribution is 2.25. The summed E-state index contributed by atoms with van der Waals surface area (Å²) < 4.78 is 13.4. The first-order chi connectivity index (χ1) is 13.9. The summed E-state index contributed by atoms with van der Waals surface area (Å²) in [5, 5.41) is 11.5. The number of hydrogen-bond acceptors (Lipinski definition) is 6. The fourth-order valence-corrected chi connectivity index (χ4v) is 4.03. The molecular formula is C19H18ClN3O5S. The summed E-state index contributed by atoms with van der Waals surface area (Å²) in [6, 6.07) is 9.42. The molecule has 10 heteroatoms. The van der Waals surface area contributed by atoms with Gasteiger partial charge in [-0.3, -0.25) is 14.9 Å². The number of amides is 1. The van der Waals surface area contributed by atoms with Gasteiger partial charge < -0.3 is 14.0 Å². The zero-order valence-electron chi connectivity index (χ0n) is 15.8. The van der Waals surface area contributed by atoms with Crippen LogP contribution in [0.5, 0.6) is 5.75 Å². The third-order valence-corrected chi connectivity index (χ3v) is 5.34. The van der Waals surface area contributed by atoms with Gasteiger partial charge in [0.1, 0.15) is 11.3 Å². The second-order valence-electron chi connectivity index (χ2n) is 5.93. The zero-order valence-corrected chi connectivity index (χ0v) is 17.3. The standard InChI is InChI=1S/C19H18ClN3O5S/c1-3-28-13-5-7-16-17(11-13)29-19(22(16)8-9-27-2)21-18(24)14-10-12(20)4-6-15(14)23(25)26/h4-7,10-11H,3,8-9H2,1-2H3. The van der Waals surface area contributed by atoms with Crippen molar-refractivity contribution in [1.29, 1.82) is 0 Å². The third-order valence-electron chi connectivity index (χ3n) is 4.07. The number of aromatic nitrogens is 1. The Balaban J connectivity index is 2.14. The number of hydrogen-bond donors (Lipinski definition) is 0. The van der Waals surface area contributed by atoms with Crippen molar-refractivity contribution in [2.45, 2.75) is 13.5 Å². The van der Waals surface area contributed by atoms with Gasteiger partial charge in [-0.05, 0) is 37.3 Å². The van der Waals surface area contributed by atoms with Crippen LogP contribution in [-0.2, 0) is 11.3 Å². The van der Waals surface area contributed by atoms with E-state index in [1.807, 2.05) is 29.7 Å². The number of nitro benzene ring substituents is 1. The lowest BCUT2D eigenvalue weighted by molar-refractivity contribution is -0.385. The Bertz CT molecular complexity index is 1140. The van der Waals surface area contributed by atoms with Gasteiger partial charge >= 0.3 is 0 Å². The van der Waals surface area contributed by atoms with Crippen LogP contribution < -0.4 is 9.54 Å². The van der Waals surface area contributed by atoms with Gasteiger partial charge in [0.05, 0.1) is 28.4 Å². The maximum atomic E-state index is 12.8. The van der Waals surface area contributed by atoms with Crippen LogP contribution in [0, 0.1) is 10.1 Å². The van der Waals surface area contributed by atoms with Gasteiger partial charge in [0, 0.05) is 24.7 Å². The van der Waals surface area contributed by atoms with E-state index in [4.69, 9.17) is 21.1 Å². The van der Waals surface area contributed by atoms with Gasteiger partial charge in [0.15, 0.2) is 4.80 Å². The second-order valence-corrected chi connectivity index (χ2v) is 7.37. The molecule has 0 aliphatic rings. The molecule has 1 aromatic heterocycles. The van der Waals surface area contributed by atoms with Crippen molar-refractivity contribution in [1.82, 2.24) is 4.57 Å². The summed E-state index contributed by atoms with van der Waals surface area (Å²) in [6.07, 6.45) is 0. The molecule has 1 heterocycles. The molecule has 0 aliphatic heterocycles. The van der Waals surface area contributed by atoms with Crippen LogP contribution in [-0.4, -0.2) is 35.7 Å². The highest BCUT2D eigenvalue weighted by atomic mass is 35.5. The fraction of sp³-hybridized carbons (Fsp3) is 0.263. The molecule has 8 nitrogen and oxygen atoms in total. The highest BCUT2D eigenvalue weighted by Gasteiger charge is 2.21. The van der Waals surface area contributed by atoms with Gasteiger partial charge in [-0.1, -0.05) is 22.9 Å². The monoisotopic (exact) mass is 435 g/mol. The van der Waals surface area contributed by atoms with Gasteiger partial charge in [0.2, 0.25) is 0 Å². The molecule has 0 spiro atoms. The number of nitrogens with zero attached hydrogens (tertiary/aromatic N) is 3. The van der Waals surface area contributed by atoms with Crippen molar-refractivity contribution in [2.24, 2.45) is 4.99 Å². The Morgan fingerprint density at radius 2 is 2.10 bits per heavy atom. The van der Waals surface area contributed by atoms with Crippen molar-refractivity contribution in [3.8, 4) is 5.75 Å².